The third kappa shape index (κ3) is 1.98. The molecule has 2 aromatic rings. The summed E-state index contributed by atoms with van der Waals surface area (Å²) in [5.41, 5.74) is 0.869. The number of nitrogens with zero attached hydrogens (tertiary/aromatic N) is 4. The van der Waals surface area contributed by atoms with Crippen LogP contribution in [0.25, 0.3) is 11.6 Å². The predicted octanol–water partition coefficient (Wildman–Crippen LogP) is 2.44. The monoisotopic (exact) mass is 334 g/mol. The Bertz CT molecular complexity index is 486. The van der Waals surface area contributed by atoms with Gasteiger partial charge in [-0.25, -0.2) is 15.0 Å². The highest BCUT2D eigenvalue weighted by Crippen LogP contribution is 2.22. The largest absolute Gasteiger partial charge is 0.331 e. The first-order valence-corrected chi connectivity index (χ1v) is 5.72. The van der Waals surface area contributed by atoms with Gasteiger partial charge in [-0.15, -0.1) is 0 Å². The molecule has 78 valence electrons. The molecular formula is C9H8ClIN4. The van der Waals surface area contributed by atoms with Crippen LogP contribution < -0.4 is 0 Å². The van der Waals surface area contributed by atoms with E-state index in [1.165, 1.54) is 0 Å². The van der Waals surface area contributed by atoms with Gasteiger partial charge in [0.1, 0.15) is 5.15 Å². The van der Waals surface area contributed by atoms with Crippen molar-refractivity contribution in [3.63, 3.8) is 0 Å². The van der Waals surface area contributed by atoms with E-state index in [4.69, 9.17) is 11.6 Å². The highest BCUT2D eigenvalue weighted by atomic mass is 127. The summed E-state index contributed by atoms with van der Waals surface area (Å²) < 4.78 is 2.74. The topological polar surface area (TPSA) is 43.6 Å². The number of aromatic nitrogens is 4. The summed E-state index contributed by atoms with van der Waals surface area (Å²) in [6.45, 7) is 1.90. The Kier molecular flexibility index (Phi) is 2.92. The summed E-state index contributed by atoms with van der Waals surface area (Å²) >= 11 is 8.12. The molecule has 0 aliphatic carbocycles. The number of rotatable bonds is 1. The quantitative estimate of drug-likeness (QED) is 0.594. The first-order valence-electron chi connectivity index (χ1n) is 4.27. The van der Waals surface area contributed by atoms with E-state index in [2.05, 4.69) is 37.5 Å². The van der Waals surface area contributed by atoms with Crippen LogP contribution in [0.1, 0.15) is 5.69 Å². The third-order valence-corrected chi connectivity index (χ3v) is 3.88. The zero-order valence-corrected chi connectivity index (χ0v) is 11.1. The van der Waals surface area contributed by atoms with Crippen LogP contribution in [-0.4, -0.2) is 19.5 Å². The van der Waals surface area contributed by atoms with Crippen LogP contribution in [0.4, 0.5) is 0 Å². The average molecular weight is 335 g/mol. The maximum Gasteiger partial charge on any atom is 0.197 e. The second-order valence-electron chi connectivity index (χ2n) is 3.10. The van der Waals surface area contributed by atoms with Crippen LogP contribution in [0.15, 0.2) is 12.4 Å². The Balaban J connectivity index is 2.60. The summed E-state index contributed by atoms with van der Waals surface area (Å²) in [4.78, 5) is 12.7. The molecule has 15 heavy (non-hydrogen) atoms. The highest BCUT2D eigenvalue weighted by Gasteiger charge is 2.11. The average Bonchev–Trinajstić information content (AvgIpc) is 2.60. The lowest BCUT2D eigenvalue weighted by molar-refractivity contribution is 0.901. The number of hydrogen-bond donors (Lipinski definition) is 0. The van der Waals surface area contributed by atoms with E-state index in [0.717, 1.165) is 15.1 Å². The molecule has 0 spiro atoms. The van der Waals surface area contributed by atoms with Crippen LogP contribution in [0, 0.1) is 10.5 Å². The molecule has 4 nitrogen and oxygen atoms in total. The van der Waals surface area contributed by atoms with Gasteiger partial charge < -0.3 is 4.57 Å². The van der Waals surface area contributed by atoms with Crippen LogP contribution in [0.5, 0.6) is 0 Å². The summed E-state index contributed by atoms with van der Waals surface area (Å²) in [6.07, 6.45) is 3.56. The third-order valence-electron chi connectivity index (χ3n) is 2.00. The van der Waals surface area contributed by atoms with Crippen molar-refractivity contribution < 1.29 is 0 Å². The summed E-state index contributed by atoms with van der Waals surface area (Å²) in [5.74, 6) is 1.28. The van der Waals surface area contributed by atoms with Gasteiger partial charge in [-0.1, -0.05) is 11.6 Å². The molecule has 0 fully saturated rings. The SMILES string of the molecule is Cc1nc(-c2nccn2C)nc(Cl)c1I. The Hall–Kier alpha value is -0.690. The molecule has 0 N–H and O–H groups in total. The Morgan fingerprint density at radius 1 is 1.40 bits per heavy atom. The second-order valence-corrected chi connectivity index (χ2v) is 4.54. The fraction of sp³-hybridized carbons (Fsp3) is 0.222. The van der Waals surface area contributed by atoms with E-state index in [-0.39, 0.29) is 0 Å². The van der Waals surface area contributed by atoms with E-state index < -0.39 is 0 Å². The molecule has 0 saturated carbocycles. The maximum atomic E-state index is 5.99. The Labute approximate surface area is 106 Å². The van der Waals surface area contributed by atoms with Crippen molar-refractivity contribution in [3.8, 4) is 11.6 Å². The normalized spacial score (nSPS) is 10.7. The fourth-order valence-electron chi connectivity index (χ4n) is 1.21. The van der Waals surface area contributed by atoms with Crippen LogP contribution in [-0.2, 0) is 7.05 Å². The van der Waals surface area contributed by atoms with Gasteiger partial charge in [0.25, 0.3) is 0 Å². The van der Waals surface area contributed by atoms with Gasteiger partial charge in [-0.2, -0.15) is 0 Å². The van der Waals surface area contributed by atoms with Crippen LogP contribution in [0.2, 0.25) is 5.15 Å². The Morgan fingerprint density at radius 2 is 2.13 bits per heavy atom. The maximum absolute atomic E-state index is 5.99. The molecule has 0 aromatic carbocycles. The molecule has 0 saturated heterocycles. The number of hydrogen-bond acceptors (Lipinski definition) is 3. The van der Waals surface area contributed by atoms with Crippen molar-refractivity contribution >= 4 is 34.2 Å². The zero-order chi connectivity index (χ0) is 11.0. The second kappa shape index (κ2) is 4.05. The minimum atomic E-state index is 0.473. The van der Waals surface area contributed by atoms with Gasteiger partial charge in [0, 0.05) is 19.4 Å². The summed E-state index contributed by atoms with van der Waals surface area (Å²) in [6, 6.07) is 0. The predicted molar refractivity (Wildman–Crippen MR) is 66.7 cm³/mol. The highest BCUT2D eigenvalue weighted by molar-refractivity contribution is 14.1. The van der Waals surface area contributed by atoms with Gasteiger partial charge in [0.2, 0.25) is 0 Å². The van der Waals surface area contributed by atoms with Gasteiger partial charge in [0.15, 0.2) is 11.6 Å². The molecule has 2 heterocycles. The number of imidazole rings is 1. The standard InChI is InChI=1S/C9H8ClIN4/c1-5-6(11)7(10)14-8(13-5)9-12-3-4-15(9)2/h3-4H,1-2H3. The van der Waals surface area contributed by atoms with Crippen molar-refractivity contribution in [2.45, 2.75) is 6.92 Å². The van der Waals surface area contributed by atoms with E-state index in [1.54, 1.807) is 6.20 Å². The van der Waals surface area contributed by atoms with Crippen molar-refractivity contribution in [1.82, 2.24) is 19.5 Å². The molecule has 0 bridgehead atoms. The minimum Gasteiger partial charge on any atom is -0.331 e. The van der Waals surface area contributed by atoms with E-state index in [1.807, 2.05) is 24.7 Å². The van der Waals surface area contributed by atoms with Crippen molar-refractivity contribution in [2.24, 2.45) is 7.05 Å². The fourth-order valence-corrected chi connectivity index (χ4v) is 1.66. The lowest BCUT2D eigenvalue weighted by atomic mass is 10.4. The molecule has 0 amide bonds. The lowest BCUT2D eigenvalue weighted by Gasteiger charge is -2.04. The van der Waals surface area contributed by atoms with Gasteiger partial charge in [-0.05, 0) is 29.5 Å². The molecule has 6 heteroatoms. The summed E-state index contributed by atoms with van der Waals surface area (Å²) in [7, 11) is 1.90. The number of aryl methyl sites for hydroxylation is 2. The molecule has 2 aromatic heterocycles. The minimum absolute atomic E-state index is 0.473. The van der Waals surface area contributed by atoms with Crippen LogP contribution in [0.3, 0.4) is 0 Å². The van der Waals surface area contributed by atoms with Crippen molar-refractivity contribution in [1.29, 1.82) is 0 Å². The van der Waals surface area contributed by atoms with E-state index in [9.17, 15) is 0 Å². The first kappa shape index (κ1) is 10.8. The molecule has 0 aliphatic heterocycles. The molecule has 0 aliphatic rings. The first-order chi connectivity index (χ1) is 7.09. The molecule has 2 rings (SSSR count). The summed E-state index contributed by atoms with van der Waals surface area (Å²) in [5, 5.41) is 0.473. The molecule has 0 unspecified atom stereocenters. The molecule has 0 atom stereocenters. The van der Waals surface area contributed by atoms with E-state index >= 15 is 0 Å². The Morgan fingerprint density at radius 3 is 2.67 bits per heavy atom. The zero-order valence-electron chi connectivity index (χ0n) is 8.20. The number of halogens is 2. The van der Waals surface area contributed by atoms with Crippen LogP contribution >= 0.6 is 34.2 Å². The van der Waals surface area contributed by atoms with Crippen molar-refractivity contribution in [3.05, 3.63) is 26.8 Å². The van der Waals surface area contributed by atoms with E-state index in [0.29, 0.717) is 11.0 Å². The molecular weight excluding hydrogens is 326 g/mol. The molecule has 0 radical (unpaired) electrons. The van der Waals surface area contributed by atoms with Gasteiger partial charge >= 0.3 is 0 Å². The van der Waals surface area contributed by atoms with Gasteiger partial charge in [-0.3, -0.25) is 0 Å². The van der Waals surface area contributed by atoms with Gasteiger partial charge in [0.05, 0.1) is 9.26 Å². The smallest absolute Gasteiger partial charge is 0.197 e. The van der Waals surface area contributed by atoms with Crippen molar-refractivity contribution in [2.75, 3.05) is 0 Å². The lowest BCUT2D eigenvalue weighted by Crippen LogP contribution is -2.00.